The van der Waals surface area contributed by atoms with Gasteiger partial charge in [-0.1, -0.05) is 0 Å². The van der Waals surface area contributed by atoms with Gasteiger partial charge in [-0.25, -0.2) is 9.59 Å². The van der Waals surface area contributed by atoms with Crippen molar-refractivity contribution >= 4 is 12.0 Å². The molecule has 0 unspecified atom stereocenters. The Bertz CT molecular complexity index is 355. The van der Waals surface area contributed by atoms with Crippen LogP contribution in [0.15, 0.2) is 0 Å². The van der Waals surface area contributed by atoms with Crippen molar-refractivity contribution in [3.05, 3.63) is 0 Å². The van der Waals surface area contributed by atoms with Crippen molar-refractivity contribution < 1.29 is 24.5 Å². The van der Waals surface area contributed by atoms with Crippen LogP contribution in [0.4, 0.5) is 4.79 Å². The quantitative estimate of drug-likeness (QED) is 0.766. The summed E-state index contributed by atoms with van der Waals surface area (Å²) in [5.74, 6) is -0.919. The van der Waals surface area contributed by atoms with Gasteiger partial charge < -0.3 is 24.7 Å². The minimum Gasteiger partial charge on any atom is -0.480 e. The molecule has 2 heterocycles. The standard InChI is InChI=1S/C13H22N2O5/c16-8-9-20-10-3-6-14(7-4-10)13(19)15-5-1-2-11(15)12(17)18/h10-11,16H,1-9H2,(H,17,18)/t11-/m1/s1. The van der Waals surface area contributed by atoms with E-state index in [0.717, 1.165) is 19.3 Å². The van der Waals surface area contributed by atoms with Crippen molar-refractivity contribution in [3.8, 4) is 0 Å². The molecule has 0 bridgehead atoms. The van der Waals surface area contributed by atoms with Crippen molar-refractivity contribution in [3.63, 3.8) is 0 Å². The summed E-state index contributed by atoms with van der Waals surface area (Å²) in [5, 5.41) is 17.8. The normalized spacial score (nSPS) is 24.1. The molecule has 0 radical (unpaired) electrons. The number of urea groups is 1. The van der Waals surface area contributed by atoms with E-state index in [1.54, 1.807) is 4.90 Å². The van der Waals surface area contributed by atoms with Crippen molar-refractivity contribution in [2.24, 2.45) is 0 Å². The Hall–Kier alpha value is -1.34. The fourth-order valence-electron chi connectivity index (χ4n) is 2.87. The Labute approximate surface area is 118 Å². The molecule has 20 heavy (non-hydrogen) atoms. The monoisotopic (exact) mass is 286 g/mol. The van der Waals surface area contributed by atoms with Gasteiger partial charge >= 0.3 is 12.0 Å². The summed E-state index contributed by atoms with van der Waals surface area (Å²) in [7, 11) is 0. The highest BCUT2D eigenvalue weighted by Crippen LogP contribution is 2.22. The van der Waals surface area contributed by atoms with Crippen molar-refractivity contribution in [2.45, 2.75) is 37.8 Å². The molecule has 7 heteroatoms. The van der Waals surface area contributed by atoms with Gasteiger partial charge in [-0.2, -0.15) is 0 Å². The smallest absolute Gasteiger partial charge is 0.326 e. The van der Waals surface area contributed by atoms with E-state index in [2.05, 4.69) is 0 Å². The zero-order chi connectivity index (χ0) is 14.5. The van der Waals surface area contributed by atoms with Crippen molar-refractivity contribution in [1.82, 2.24) is 9.80 Å². The van der Waals surface area contributed by atoms with Crippen LogP contribution in [0, 0.1) is 0 Å². The summed E-state index contributed by atoms with van der Waals surface area (Å²) in [5.41, 5.74) is 0. The van der Waals surface area contributed by atoms with E-state index in [9.17, 15) is 9.59 Å². The molecule has 2 aliphatic rings. The van der Waals surface area contributed by atoms with Crippen LogP contribution in [0.5, 0.6) is 0 Å². The van der Waals surface area contributed by atoms with Crippen LogP contribution in [0.1, 0.15) is 25.7 Å². The Morgan fingerprint density at radius 2 is 1.85 bits per heavy atom. The van der Waals surface area contributed by atoms with Gasteiger partial charge in [0, 0.05) is 19.6 Å². The maximum absolute atomic E-state index is 12.3. The summed E-state index contributed by atoms with van der Waals surface area (Å²) >= 11 is 0. The molecule has 2 fully saturated rings. The lowest BCUT2D eigenvalue weighted by molar-refractivity contribution is -0.141. The SMILES string of the molecule is O=C(O)[C@H]1CCCN1C(=O)N1CCC(OCCO)CC1. The van der Waals surface area contributed by atoms with Crippen LogP contribution in [0.3, 0.4) is 0 Å². The van der Waals surface area contributed by atoms with Gasteiger partial charge in [0.25, 0.3) is 0 Å². The van der Waals surface area contributed by atoms with Gasteiger partial charge in [-0.3, -0.25) is 0 Å². The number of carbonyl (C=O) groups excluding carboxylic acids is 1. The number of hydrogen-bond acceptors (Lipinski definition) is 4. The summed E-state index contributed by atoms with van der Waals surface area (Å²) in [6, 6.07) is -0.846. The number of hydrogen-bond donors (Lipinski definition) is 2. The fraction of sp³-hybridized carbons (Fsp3) is 0.846. The van der Waals surface area contributed by atoms with E-state index >= 15 is 0 Å². The second-order valence-electron chi connectivity index (χ2n) is 5.25. The van der Waals surface area contributed by atoms with Crippen molar-refractivity contribution in [1.29, 1.82) is 0 Å². The summed E-state index contributed by atoms with van der Waals surface area (Å²) in [6.45, 7) is 2.02. The molecule has 0 aliphatic carbocycles. The number of amides is 2. The van der Waals surface area contributed by atoms with Gasteiger partial charge in [0.05, 0.1) is 19.3 Å². The lowest BCUT2D eigenvalue weighted by atomic mass is 10.1. The maximum atomic E-state index is 12.3. The van der Waals surface area contributed by atoms with E-state index in [0.29, 0.717) is 32.7 Å². The number of aliphatic carboxylic acids is 1. The Morgan fingerprint density at radius 3 is 2.45 bits per heavy atom. The van der Waals surface area contributed by atoms with Crippen LogP contribution >= 0.6 is 0 Å². The van der Waals surface area contributed by atoms with E-state index in [1.807, 2.05) is 0 Å². The van der Waals surface area contributed by atoms with E-state index < -0.39 is 12.0 Å². The lowest BCUT2D eigenvalue weighted by Gasteiger charge is -2.35. The second kappa shape index (κ2) is 6.90. The number of likely N-dealkylation sites (tertiary alicyclic amines) is 2. The predicted octanol–water partition coefficient (Wildman–Crippen LogP) is 0.129. The average Bonchev–Trinajstić information content (AvgIpc) is 2.94. The number of piperidine rings is 1. The summed E-state index contributed by atoms with van der Waals surface area (Å²) in [6.07, 6.45) is 2.84. The van der Waals surface area contributed by atoms with E-state index in [4.69, 9.17) is 14.9 Å². The number of carboxylic acids is 1. The fourth-order valence-corrected chi connectivity index (χ4v) is 2.87. The highest BCUT2D eigenvalue weighted by molar-refractivity contribution is 5.83. The zero-order valence-electron chi connectivity index (χ0n) is 11.5. The lowest BCUT2D eigenvalue weighted by Crippen LogP contribution is -2.51. The Balaban J connectivity index is 1.84. The molecule has 2 amide bonds. The number of aliphatic hydroxyl groups is 1. The molecule has 2 aliphatic heterocycles. The molecular weight excluding hydrogens is 264 g/mol. The van der Waals surface area contributed by atoms with Crippen LogP contribution in [0.25, 0.3) is 0 Å². The van der Waals surface area contributed by atoms with E-state index in [-0.39, 0.29) is 18.7 Å². The molecule has 114 valence electrons. The molecule has 2 saturated heterocycles. The largest absolute Gasteiger partial charge is 0.480 e. The van der Waals surface area contributed by atoms with E-state index in [1.165, 1.54) is 4.90 Å². The molecule has 0 aromatic carbocycles. The first-order valence-corrected chi connectivity index (χ1v) is 7.14. The van der Waals surface area contributed by atoms with Gasteiger partial charge in [-0.05, 0) is 25.7 Å². The van der Waals surface area contributed by atoms with Crippen LogP contribution in [0.2, 0.25) is 0 Å². The molecule has 2 N–H and O–H groups in total. The van der Waals surface area contributed by atoms with Gasteiger partial charge in [0.1, 0.15) is 6.04 Å². The van der Waals surface area contributed by atoms with Gasteiger partial charge in [0.15, 0.2) is 0 Å². The number of nitrogens with zero attached hydrogens (tertiary/aromatic N) is 2. The molecule has 1 atom stereocenters. The highest BCUT2D eigenvalue weighted by atomic mass is 16.5. The molecule has 7 nitrogen and oxygen atoms in total. The van der Waals surface area contributed by atoms with Crippen LogP contribution in [-0.2, 0) is 9.53 Å². The molecule has 0 spiro atoms. The highest BCUT2D eigenvalue weighted by Gasteiger charge is 2.37. The number of carboxylic acid groups (broad SMARTS) is 1. The molecule has 0 aromatic rings. The molecule has 0 saturated carbocycles. The minimum atomic E-state index is -0.919. The Kier molecular flexibility index (Phi) is 5.19. The molecule has 0 aromatic heterocycles. The van der Waals surface area contributed by atoms with Crippen molar-refractivity contribution in [2.75, 3.05) is 32.8 Å². The third-order valence-electron chi connectivity index (χ3n) is 3.94. The maximum Gasteiger partial charge on any atom is 0.326 e. The minimum absolute atomic E-state index is 0.00716. The number of carbonyl (C=O) groups is 2. The number of ether oxygens (including phenoxy) is 1. The van der Waals surface area contributed by atoms with Crippen LogP contribution in [-0.4, -0.2) is 77.0 Å². The topological polar surface area (TPSA) is 90.3 Å². The predicted molar refractivity (Wildman–Crippen MR) is 70.4 cm³/mol. The Morgan fingerprint density at radius 1 is 1.15 bits per heavy atom. The molecule has 2 rings (SSSR count). The first kappa shape index (κ1) is 15.1. The number of rotatable bonds is 4. The summed E-state index contributed by atoms with van der Waals surface area (Å²) in [4.78, 5) is 26.6. The third kappa shape index (κ3) is 3.40. The summed E-state index contributed by atoms with van der Waals surface area (Å²) < 4.78 is 5.45. The average molecular weight is 286 g/mol. The van der Waals surface area contributed by atoms with Crippen LogP contribution < -0.4 is 0 Å². The first-order valence-electron chi connectivity index (χ1n) is 7.14. The van der Waals surface area contributed by atoms with Gasteiger partial charge in [-0.15, -0.1) is 0 Å². The number of aliphatic hydroxyl groups excluding tert-OH is 1. The first-order chi connectivity index (χ1) is 9.63. The third-order valence-corrected chi connectivity index (χ3v) is 3.94. The molecular formula is C13H22N2O5. The second-order valence-corrected chi connectivity index (χ2v) is 5.25. The van der Waals surface area contributed by atoms with Gasteiger partial charge in [0.2, 0.25) is 0 Å². The zero-order valence-corrected chi connectivity index (χ0v) is 11.5.